The fraction of sp³-hybridized carbons (Fsp3) is 0.0769. The maximum Gasteiger partial charge on any atom is 0.237 e. The molecular formula is C13H11NO2. The van der Waals surface area contributed by atoms with E-state index in [2.05, 4.69) is 0 Å². The molecule has 16 heavy (non-hydrogen) atoms. The first-order valence-electron chi connectivity index (χ1n) is 4.98. The van der Waals surface area contributed by atoms with Crippen LogP contribution in [-0.2, 0) is 0 Å². The van der Waals surface area contributed by atoms with E-state index in [1.165, 1.54) is 0 Å². The average Bonchev–Trinajstić information content (AvgIpc) is 2.27. The normalized spacial score (nSPS) is 11.7. The molecule has 0 unspecified atom stereocenters. The molecule has 2 aromatic carbocycles. The summed E-state index contributed by atoms with van der Waals surface area (Å²) in [6, 6.07) is 13.8. The minimum atomic E-state index is -0.426. The summed E-state index contributed by atoms with van der Waals surface area (Å²) in [7, 11) is 0. The number of hydrogen-bond donors (Lipinski definition) is 0. The highest BCUT2D eigenvalue weighted by atomic mass is 16.6. The Labute approximate surface area is 93.2 Å². The third-order valence-corrected chi connectivity index (χ3v) is 2.50. The van der Waals surface area contributed by atoms with Crippen molar-refractivity contribution in [2.75, 3.05) is 0 Å². The molecular weight excluding hydrogens is 202 g/mol. The molecule has 0 aliphatic carbocycles. The molecule has 0 heterocycles. The highest BCUT2D eigenvalue weighted by Crippen LogP contribution is 2.20. The lowest BCUT2D eigenvalue weighted by Gasteiger charge is -2.01. The molecule has 2 aromatic rings. The van der Waals surface area contributed by atoms with E-state index in [1.807, 2.05) is 42.5 Å². The van der Waals surface area contributed by atoms with Gasteiger partial charge >= 0.3 is 0 Å². The Hall–Kier alpha value is -2.16. The van der Waals surface area contributed by atoms with Crippen molar-refractivity contribution in [1.82, 2.24) is 0 Å². The fourth-order valence-electron chi connectivity index (χ4n) is 1.67. The molecule has 0 atom stereocenters. The molecule has 0 spiro atoms. The van der Waals surface area contributed by atoms with Crippen molar-refractivity contribution in [3.8, 4) is 0 Å². The third-order valence-electron chi connectivity index (χ3n) is 2.50. The summed E-state index contributed by atoms with van der Waals surface area (Å²) >= 11 is 0. The van der Waals surface area contributed by atoms with Gasteiger partial charge in [0.15, 0.2) is 0 Å². The molecule has 0 fully saturated rings. The van der Waals surface area contributed by atoms with Crippen LogP contribution in [0.25, 0.3) is 16.3 Å². The second-order valence-corrected chi connectivity index (χ2v) is 3.66. The lowest BCUT2D eigenvalue weighted by Crippen LogP contribution is -1.87. The Morgan fingerprint density at radius 3 is 2.56 bits per heavy atom. The van der Waals surface area contributed by atoms with Crippen molar-refractivity contribution >= 4 is 16.3 Å². The zero-order valence-corrected chi connectivity index (χ0v) is 8.88. The summed E-state index contributed by atoms with van der Waals surface area (Å²) in [6.45, 7) is 1.74. The summed E-state index contributed by atoms with van der Waals surface area (Å²) in [4.78, 5) is 9.95. The zero-order chi connectivity index (χ0) is 11.5. The topological polar surface area (TPSA) is 43.1 Å². The summed E-state index contributed by atoms with van der Waals surface area (Å²) < 4.78 is 0. The molecule has 80 valence electrons. The molecule has 0 saturated heterocycles. The minimum Gasteiger partial charge on any atom is -0.259 e. The summed E-state index contributed by atoms with van der Waals surface area (Å²) in [5, 5.41) is 12.6. The number of nitrogens with zero attached hydrogens (tertiary/aromatic N) is 1. The first-order chi connectivity index (χ1) is 7.66. The third kappa shape index (κ3) is 2.08. The van der Waals surface area contributed by atoms with Gasteiger partial charge in [0.1, 0.15) is 0 Å². The first-order valence-corrected chi connectivity index (χ1v) is 4.98. The monoisotopic (exact) mass is 213 g/mol. The predicted molar refractivity (Wildman–Crippen MR) is 64.6 cm³/mol. The Kier molecular flexibility index (Phi) is 2.68. The highest BCUT2D eigenvalue weighted by Gasteiger charge is 2.01. The van der Waals surface area contributed by atoms with Crippen LogP contribution >= 0.6 is 0 Å². The maximum atomic E-state index is 10.4. The van der Waals surface area contributed by atoms with Crippen LogP contribution in [-0.4, -0.2) is 4.92 Å². The van der Waals surface area contributed by atoms with Gasteiger partial charge in [-0.3, -0.25) is 10.1 Å². The van der Waals surface area contributed by atoms with Gasteiger partial charge < -0.3 is 0 Å². The van der Waals surface area contributed by atoms with Gasteiger partial charge in [-0.05, 0) is 29.3 Å². The molecule has 0 aliphatic heterocycles. The van der Waals surface area contributed by atoms with Crippen molar-refractivity contribution < 1.29 is 4.92 Å². The van der Waals surface area contributed by atoms with E-state index >= 15 is 0 Å². The van der Waals surface area contributed by atoms with Gasteiger partial charge in [0, 0.05) is 5.57 Å². The molecule has 0 saturated carbocycles. The van der Waals surface area contributed by atoms with E-state index in [4.69, 9.17) is 0 Å². The molecule has 2 rings (SSSR count). The largest absolute Gasteiger partial charge is 0.259 e. The number of hydrogen-bond acceptors (Lipinski definition) is 2. The quantitative estimate of drug-likeness (QED) is 0.566. The summed E-state index contributed by atoms with van der Waals surface area (Å²) in [6.07, 6.45) is 1.03. The minimum absolute atomic E-state index is 0.426. The lowest BCUT2D eigenvalue weighted by molar-refractivity contribution is -0.401. The fourth-order valence-corrected chi connectivity index (χ4v) is 1.67. The van der Waals surface area contributed by atoms with Crippen LogP contribution in [0.5, 0.6) is 0 Å². The standard InChI is InChI=1S/C13H11NO2/c1-10(9-14(15)16)12-7-6-11-4-2-3-5-13(11)8-12/h2-9H,1H3/b10-9+. The first kappa shape index (κ1) is 10.4. The Morgan fingerprint density at radius 2 is 1.88 bits per heavy atom. The molecule has 0 aliphatic rings. The molecule has 0 bridgehead atoms. The molecule has 0 aromatic heterocycles. The SMILES string of the molecule is C/C(=C\[N+](=O)[O-])c1ccc2ccccc2c1. The van der Waals surface area contributed by atoms with Crippen LogP contribution in [0.1, 0.15) is 12.5 Å². The van der Waals surface area contributed by atoms with Crippen molar-refractivity contribution in [3.05, 3.63) is 64.3 Å². The van der Waals surface area contributed by atoms with Crippen LogP contribution < -0.4 is 0 Å². The van der Waals surface area contributed by atoms with Crippen LogP contribution in [0.15, 0.2) is 48.7 Å². The van der Waals surface area contributed by atoms with Gasteiger partial charge in [0.25, 0.3) is 0 Å². The molecule has 0 amide bonds. The number of allylic oxidation sites excluding steroid dienone is 1. The summed E-state index contributed by atoms with van der Waals surface area (Å²) in [5.41, 5.74) is 1.55. The van der Waals surface area contributed by atoms with Gasteiger partial charge in [0.2, 0.25) is 6.20 Å². The highest BCUT2D eigenvalue weighted by molar-refractivity contribution is 5.85. The van der Waals surface area contributed by atoms with E-state index in [1.54, 1.807) is 6.92 Å². The van der Waals surface area contributed by atoms with Crippen molar-refractivity contribution in [1.29, 1.82) is 0 Å². The van der Waals surface area contributed by atoms with Crippen LogP contribution in [0.3, 0.4) is 0 Å². The van der Waals surface area contributed by atoms with Gasteiger partial charge in [-0.1, -0.05) is 36.4 Å². The number of fused-ring (bicyclic) bond motifs is 1. The van der Waals surface area contributed by atoms with Gasteiger partial charge in [-0.2, -0.15) is 0 Å². The van der Waals surface area contributed by atoms with Crippen LogP contribution in [0, 0.1) is 10.1 Å². The second-order valence-electron chi connectivity index (χ2n) is 3.66. The lowest BCUT2D eigenvalue weighted by atomic mass is 10.0. The Bertz CT molecular complexity index is 573. The maximum absolute atomic E-state index is 10.4. The smallest absolute Gasteiger partial charge is 0.237 e. The van der Waals surface area contributed by atoms with Gasteiger partial charge in [-0.25, -0.2) is 0 Å². The number of rotatable bonds is 2. The Balaban J connectivity index is 2.51. The van der Waals surface area contributed by atoms with Crippen molar-refractivity contribution in [2.45, 2.75) is 6.92 Å². The number of nitro groups is 1. The van der Waals surface area contributed by atoms with E-state index in [0.29, 0.717) is 5.57 Å². The van der Waals surface area contributed by atoms with Crippen LogP contribution in [0.4, 0.5) is 0 Å². The van der Waals surface area contributed by atoms with E-state index < -0.39 is 4.92 Å². The predicted octanol–water partition coefficient (Wildman–Crippen LogP) is 3.48. The molecule has 3 heteroatoms. The molecule has 0 N–H and O–H groups in total. The van der Waals surface area contributed by atoms with Crippen molar-refractivity contribution in [2.24, 2.45) is 0 Å². The average molecular weight is 213 g/mol. The van der Waals surface area contributed by atoms with E-state index in [-0.39, 0.29) is 0 Å². The van der Waals surface area contributed by atoms with Gasteiger partial charge in [-0.15, -0.1) is 0 Å². The molecule has 0 radical (unpaired) electrons. The van der Waals surface area contributed by atoms with E-state index in [0.717, 1.165) is 22.5 Å². The van der Waals surface area contributed by atoms with Gasteiger partial charge in [0.05, 0.1) is 4.92 Å². The Morgan fingerprint density at radius 1 is 1.19 bits per heavy atom. The number of benzene rings is 2. The van der Waals surface area contributed by atoms with Crippen molar-refractivity contribution in [3.63, 3.8) is 0 Å². The zero-order valence-electron chi connectivity index (χ0n) is 8.88. The summed E-state index contributed by atoms with van der Waals surface area (Å²) in [5.74, 6) is 0. The van der Waals surface area contributed by atoms with E-state index in [9.17, 15) is 10.1 Å². The van der Waals surface area contributed by atoms with Crippen LogP contribution in [0.2, 0.25) is 0 Å². The molecule has 3 nitrogen and oxygen atoms in total. The second kappa shape index (κ2) is 4.14.